The number of carbonyl (C=O) groups excluding carboxylic acids is 1. The van der Waals surface area contributed by atoms with Gasteiger partial charge in [-0.3, -0.25) is 19.6 Å². The van der Waals surface area contributed by atoms with Crippen LogP contribution in [0.4, 0.5) is 0 Å². The Hall–Kier alpha value is -2.24. The standard InChI is InChI=1S/C30H44N4O/c1-7-8-27(26-11-9-22(2)10-12-26)34-20-19-33(21-24(34)4)30(6)14-17-32(18-15-30)29(35)28-23(3)13-16-31-25(28)5/h9-13,16,24,27H,7-8,14-15,17-21H2,1-6H3/t24-,27-/m0/s1. The number of carbonyl (C=O) groups is 1. The van der Waals surface area contributed by atoms with E-state index in [1.165, 1.54) is 24.0 Å². The van der Waals surface area contributed by atoms with E-state index in [1.807, 2.05) is 24.8 Å². The van der Waals surface area contributed by atoms with Crippen LogP contribution in [-0.4, -0.2) is 69.9 Å². The molecule has 5 nitrogen and oxygen atoms in total. The molecule has 5 heteroatoms. The first-order valence-electron chi connectivity index (χ1n) is 13.5. The second-order valence-corrected chi connectivity index (χ2v) is 11.1. The minimum Gasteiger partial charge on any atom is -0.338 e. The maximum Gasteiger partial charge on any atom is 0.255 e. The number of aromatic nitrogens is 1. The van der Waals surface area contributed by atoms with Crippen molar-refractivity contribution in [3.8, 4) is 0 Å². The summed E-state index contributed by atoms with van der Waals surface area (Å²) >= 11 is 0. The lowest BCUT2D eigenvalue weighted by molar-refractivity contribution is -0.0312. The fourth-order valence-corrected chi connectivity index (χ4v) is 6.19. The topological polar surface area (TPSA) is 39.7 Å². The van der Waals surface area contributed by atoms with E-state index in [0.29, 0.717) is 12.1 Å². The van der Waals surface area contributed by atoms with Gasteiger partial charge in [0, 0.05) is 56.5 Å². The van der Waals surface area contributed by atoms with Crippen molar-refractivity contribution < 1.29 is 4.79 Å². The summed E-state index contributed by atoms with van der Waals surface area (Å²) in [6, 6.07) is 12.1. The van der Waals surface area contributed by atoms with E-state index in [9.17, 15) is 4.79 Å². The average molecular weight is 477 g/mol. The highest BCUT2D eigenvalue weighted by Crippen LogP contribution is 2.35. The number of rotatable bonds is 6. The van der Waals surface area contributed by atoms with Gasteiger partial charge in [0.1, 0.15) is 0 Å². The second-order valence-electron chi connectivity index (χ2n) is 11.1. The molecule has 2 aromatic rings. The first-order valence-corrected chi connectivity index (χ1v) is 13.5. The van der Waals surface area contributed by atoms with Gasteiger partial charge < -0.3 is 4.90 Å². The van der Waals surface area contributed by atoms with Gasteiger partial charge in [0.2, 0.25) is 0 Å². The highest BCUT2D eigenvalue weighted by molar-refractivity contribution is 5.96. The van der Waals surface area contributed by atoms with E-state index < -0.39 is 0 Å². The van der Waals surface area contributed by atoms with Gasteiger partial charge in [-0.05, 0) is 71.1 Å². The van der Waals surface area contributed by atoms with Crippen LogP contribution in [0.2, 0.25) is 0 Å². The lowest BCUT2D eigenvalue weighted by atomic mass is 9.85. The SMILES string of the molecule is CCC[C@@H](c1ccc(C)cc1)N1CCN(C2(C)CCN(C(=O)c3c(C)ccnc3C)CC2)C[C@@H]1C. The number of likely N-dealkylation sites (tertiary alicyclic amines) is 1. The minimum atomic E-state index is 0.147. The molecule has 2 atom stereocenters. The molecule has 0 unspecified atom stereocenters. The number of nitrogens with zero attached hydrogens (tertiary/aromatic N) is 4. The molecule has 2 aliphatic heterocycles. The summed E-state index contributed by atoms with van der Waals surface area (Å²) in [5.41, 5.74) is 5.58. The van der Waals surface area contributed by atoms with Crippen LogP contribution >= 0.6 is 0 Å². The van der Waals surface area contributed by atoms with Crippen LogP contribution in [0.25, 0.3) is 0 Å². The zero-order chi connectivity index (χ0) is 25.2. The van der Waals surface area contributed by atoms with Crippen molar-refractivity contribution in [1.29, 1.82) is 0 Å². The summed E-state index contributed by atoms with van der Waals surface area (Å²) in [6.07, 6.45) is 6.25. The van der Waals surface area contributed by atoms with Gasteiger partial charge in [-0.15, -0.1) is 0 Å². The molecule has 0 N–H and O–H groups in total. The molecule has 2 saturated heterocycles. The number of aryl methyl sites for hydroxylation is 3. The first-order chi connectivity index (χ1) is 16.7. The number of piperidine rings is 1. The number of amides is 1. The summed E-state index contributed by atoms with van der Waals surface area (Å²) in [6.45, 7) is 18.2. The Balaban J connectivity index is 1.39. The molecule has 4 rings (SSSR count). The van der Waals surface area contributed by atoms with Crippen molar-refractivity contribution in [3.63, 3.8) is 0 Å². The van der Waals surface area contributed by atoms with Crippen LogP contribution in [0.1, 0.15) is 85.2 Å². The summed E-state index contributed by atoms with van der Waals surface area (Å²) < 4.78 is 0. The quantitative estimate of drug-likeness (QED) is 0.548. The highest BCUT2D eigenvalue weighted by atomic mass is 16.2. The molecule has 0 aliphatic carbocycles. The van der Waals surface area contributed by atoms with Gasteiger partial charge in [-0.25, -0.2) is 0 Å². The number of benzene rings is 1. The van der Waals surface area contributed by atoms with Gasteiger partial charge in [0.25, 0.3) is 5.91 Å². The van der Waals surface area contributed by atoms with Crippen molar-refractivity contribution in [1.82, 2.24) is 19.7 Å². The van der Waals surface area contributed by atoms with Crippen molar-refractivity contribution >= 4 is 5.91 Å². The van der Waals surface area contributed by atoms with Crippen LogP contribution in [0.5, 0.6) is 0 Å². The largest absolute Gasteiger partial charge is 0.338 e. The van der Waals surface area contributed by atoms with Crippen molar-refractivity contribution in [3.05, 3.63) is 64.5 Å². The van der Waals surface area contributed by atoms with Gasteiger partial charge in [-0.2, -0.15) is 0 Å². The fourth-order valence-electron chi connectivity index (χ4n) is 6.19. The zero-order valence-corrected chi connectivity index (χ0v) is 22.7. The van der Waals surface area contributed by atoms with Crippen molar-refractivity contribution in [2.45, 2.75) is 84.8 Å². The van der Waals surface area contributed by atoms with Crippen LogP contribution in [0.3, 0.4) is 0 Å². The maximum atomic E-state index is 13.3. The van der Waals surface area contributed by atoms with Gasteiger partial charge in [0.05, 0.1) is 11.3 Å². The number of pyridine rings is 1. The van der Waals surface area contributed by atoms with Gasteiger partial charge in [0.15, 0.2) is 0 Å². The summed E-state index contributed by atoms with van der Waals surface area (Å²) in [5.74, 6) is 0.147. The van der Waals surface area contributed by atoms with Crippen molar-refractivity contribution in [2.75, 3.05) is 32.7 Å². The molecule has 0 bridgehead atoms. The Kier molecular flexibility index (Phi) is 7.97. The van der Waals surface area contributed by atoms with E-state index in [-0.39, 0.29) is 11.4 Å². The maximum absolute atomic E-state index is 13.3. The summed E-state index contributed by atoms with van der Waals surface area (Å²) in [7, 11) is 0. The molecular formula is C30H44N4O. The van der Waals surface area contributed by atoms with Crippen LogP contribution < -0.4 is 0 Å². The van der Waals surface area contributed by atoms with E-state index in [1.54, 1.807) is 6.20 Å². The molecule has 2 fully saturated rings. The van der Waals surface area contributed by atoms with Gasteiger partial charge in [-0.1, -0.05) is 43.2 Å². The van der Waals surface area contributed by atoms with E-state index in [4.69, 9.17) is 0 Å². The van der Waals surface area contributed by atoms with Crippen LogP contribution in [-0.2, 0) is 0 Å². The Morgan fingerprint density at radius 3 is 2.34 bits per heavy atom. The molecule has 1 amide bonds. The molecule has 3 heterocycles. The van der Waals surface area contributed by atoms with Gasteiger partial charge >= 0.3 is 0 Å². The normalized spacial score (nSPS) is 22.2. The molecule has 2 aliphatic rings. The smallest absolute Gasteiger partial charge is 0.255 e. The first kappa shape index (κ1) is 25.8. The fraction of sp³-hybridized carbons (Fsp3) is 0.600. The molecule has 0 saturated carbocycles. The monoisotopic (exact) mass is 476 g/mol. The predicted octanol–water partition coefficient (Wildman–Crippen LogP) is 5.55. The van der Waals surface area contributed by atoms with E-state index in [2.05, 4.69) is 66.7 Å². The zero-order valence-electron chi connectivity index (χ0n) is 22.7. The third-order valence-electron chi connectivity index (χ3n) is 8.56. The Bertz CT molecular complexity index is 989. The Labute approximate surface area is 212 Å². The van der Waals surface area contributed by atoms with E-state index in [0.717, 1.165) is 62.4 Å². The average Bonchev–Trinajstić information content (AvgIpc) is 2.84. The lowest BCUT2D eigenvalue weighted by Crippen LogP contribution is -2.62. The molecule has 190 valence electrons. The van der Waals surface area contributed by atoms with E-state index >= 15 is 0 Å². The van der Waals surface area contributed by atoms with Crippen molar-refractivity contribution in [2.24, 2.45) is 0 Å². The third kappa shape index (κ3) is 5.46. The molecule has 0 radical (unpaired) electrons. The second kappa shape index (κ2) is 10.8. The number of hydrogen-bond acceptors (Lipinski definition) is 4. The Morgan fingerprint density at radius 1 is 1.06 bits per heavy atom. The van der Waals surface area contributed by atoms with Crippen LogP contribution in [0.15, 0.2) is 36.5 Å². The highest BCUT2D eigenvalue weighted by Gasteiger charge is 2.41. The molecule has 35 heavy (non-hydrogen) atoms. The Morgan fingerprint density at radius 2 is 1.74 bits per heavy atom. The molecule has 0 spiro atoms. The molecule has 1 aromatic heterocycles. The third-order valence-corrected chi connectivity index (χ3v) is 8.56. The minimum absolute atomic E-state index is 0.147. The number of piperazine rings is 1. The summed E-state index contributed by atoms with van der Waals surface area (Å²) in [5, 5.41) is 0. The number of hydrogen-bond donors (Lipinski definition) is 0. The molecular weight excluding hydrogens is 432 g/mol. The summed E-state index contributed by atoms with van der Waals surface area (Å²) in [4.78, 5) is 25.2. The van der Waals surface area contributed by atoms with Crippen LogP contribution in [0, 0.1) is 20.8 Å². The lowest BCUT2D eigenvalue weighted by Gasteiger charge is -2.53. The molecule has 1 aromatic carbocycles. The predicted molar refractivity (Wildman–Crippen MR) is 144 cm³/mol.